The molecule has 1 aliphatic rings. The summed E-state index contributed by atoms with van der Waals surface area (Å²) in [5, 5.41) is 0. The van der Waals surface area contributed by atoms with Crippen LogP contribution >= 0.6 is 0 Å². The predicted molar refractivity (Wildman–Crippen MR) is 57.6 cm³/mol. The van der Waals surface area contributed by atoms with Crippen molar-refractivity contribution < 1.29 is 14.3 Å². The molecule has 0 aliphatic carbocycles. The van der Waals surface area contributed by atoms with Gasteiger partial charge in [-0.1, -0.05) is 18.2 Å². The molecule has 4 nitrogen and oxygen atoms in total. The van der Waals surface area contributed by atoms with Crippen LogP contribution in [0.15, 0.2) is 30.3 Å². The number of carbonyl (C=O) groups excluding carboxylic acids is 2. The fourth-order valence-corrected chi connectivity index (χ4v) is 1.84. The second kappa shape index (κ2) is 4.45. The van der Waals surface area contributed by atoms with E-state index in [0.717, 1.165) is 0 Å². The molecule has 1 atom stereocenters. The largest absolute Gasteiger partial charge is 0.361 e. The molecule has 84 valence electrons. The molecule has 1 saturated heterocycles. The number of rotatable bonds is 2. The average molecular weight is 219 g/mol. The van der Waals surface area contributed by atoms with Crippen LogP contribution in [-0.4, -0.2) is 30.1 Å². The maximum Gasteiger partial charge on any atom is 0.262 e. The molecule has 1 fully saturated rings. The van der Waals surface area contributed by atoms with Crippen molar-refractivity contribution in [1.29, 1.82) is 0 Å². The van der Waals surface area contributed by atoms with E-state index < -0.39 is 6.23 Å². The number of hydrogen-bond acceptors (Lipinski definition) is 3. The summed E-state index contributed by atoms with van der Waals surface area (Å²) in [5.74, 6) is -0.448. The highest BCUT2D eigenvalue weighted by atomic mass is 16.5. The highest BCUT2D eigenvalue weighted by Gasteiger charge is 2.36. The second-order valence-corrected chi connectivity index (χ2v) is 3.66. The Morgan fingerprint density at radius 1 is 1.38 bits per heavy atom. The van der Waals surface area contributed by atoms with Crippen molar-refractivity contribution in [3.8, 4) is 0 Å². The van der Waals surface area contributed by atoms with E-state index in [4.69, 9.17) is 4.74 Å². The van der Waals surface area contributed by atoms with Gasteiger partial charge in [0.2, 0.25) is 5.91 Å². The summed E-state index contributed by atoms with van der Waals surface area (Å²) >= 11 is 0. The molecule has 0 aromatic heterocycles. The van der Waals surface area contributed by atoms with E-state index in [0.29, 0.717) is 18.4 Å². The smallest absolute Gasteiger partial charge is 0.262 e. The molecule has 1 aromatic carbocycles. The Labute approximate surface area is 93.8 Å². The number of nitrogens with zero attached hydrogens (tertiary/aromatic N) is 1. The molecule has 1 heterocycles. The van der Waals surface area contributed by atoms with Crippen LogP contribution in [0.2, 0.25) is 0 Å². The van der Waals surface area contributed by atoms with Crippen LogP contribution in [0.5, 0.6) is 0 Å². The van der Waals surface area contributed by atoms with Crippen LogP contribution < -0.4 is 0 Å². The predicted octanol–water partition coefficient (Wildman–Crippen LogP) is 1.42. The normalized spacial score (nSPS) is 20.2. The van der Waals surface area contributed by atoms with Crippen LogP contribution in [0, 0.1) is 0 Å². The Hall–Kier alpha value is -1.68. The quantitative estimate of drug-likeness (QED) is 0.707. The van der Waals surface area contributed by atoms with Crippen LogP contribution in [0.25, 0.3) is 0 Å². The zero-order chi connectivity index (χ0) is 11.5. The topological polar surface area (TPSA) is 46.6 Å². The Balaban J connectivity index is 2.24. The highest BCUT2D eigenvalue weighted by molar-refractivity contribution is 6.05. The van der Waals surface area contributed by atoms with Crippen LogP contribution in [0.3, 0.4) is 0 Å². The Bertz CT molecular complexity index is 402. The van der Waals surface area contributed by atoms with E-state index in [9.17, 15) is 9.59 Å². The molecular weight excluding hydrogens is 206 g/mol. The summed E-state index contributed by atoms with van der Waals surface area (Å²) in [6, 6.07) is 8.77. The van der Waals surface area contributed by atoms with Crippen molar-refractivity contribution in [3.05, 3.63) is 35.9 Å². The van der Waals surface area contributed by atoms with Gasteiger partial charge in [-0.25, -0.2) is 0 Å². The lowest BCUT2D eigenvalue weighted by Crippen LogP contribution is -2.39. The number of ether oxygens (including phenoxy) is 1. The molecule has 1 aliphatic heterocycles. The molecule has 0 N–H and O–H groups in total. The van der Waals surface area contributed by atoms with Gasteiger partial charge >= 0.3 is 0 Å². The summed E-state index contributed by atoms with van der Waals surface area (Å²) in [6.07, 6.45) is 0.533. The zero-order valence-corrected chi connectivity index (χ0v) is 9.05. The van der Waals surface area contributed by atoms with Crippen molar-refractivity contribution in [3.63, 3.8) is 0 Å². The zero-order valence-electron chi connectivity index (χ0n) is 9.05. The van der Waals surface area contributed by atoms with Gasteiger partial charge in [0.15, 0.2) is 0 Å². The molecule has 2 amide bonds. The Morgan fingerprint density at radius 2 is 2.06 bits per heavy atom. The molecular formula is C12H13NO3. The van der Waals surface area contributed by atoms with E-state index >= 15 is 0 Å². The van der Waals surface area contributed by atoms with Gasteiger partial charge in [0, 0.05) is 25.5 Å². The van der Waals surface area contributed by atoms with Crippen LogP contribution in [0.4, 0.5) is 0 Å². The SMILES string of the molecule is CO[C@H]1CCC(=O)N1C(=O)c1ccccc1. The first-order chi connectivity index (χ1) is 7.74. The number of amides is 2. The maximum atomic E-state index is 12.1. The monoisotopic (exact) mass is 219 g/mol. The lowest BCUT2D eigenvalue weighted by molar-refractivity contribution is -0.130. The third-order valence-electron chi connectivity index (χ3n) is 2.67. The van der Waals surface area contributed by atoms with Crippen molar-refractivity contribution in [2.24, 2.45) is 0 Å². The standard InChI is InChI=1S/C12H13NO3/c1-16-11-8-7-10(14)13(11)12(15)9-5-3-2-4-6-9/h2-6,11H,7-8H2,1H3/t11-/m0/s1. The number of imide groups is 1. The molecule has 0 bridgehead atoms. The van der Waals surface area contributed by atoms with Gasteiger partial charge in [-0.05, 0) is 12.1 Å². The van der Waals surface area contributed by atoms with Gasteiger partial charge in [0.1, 0.15) is 6.23 Å². The molecule has 1 aromatic rings. The molecule has 0 unspecified atom stereocenters. The number of benzene rings is 1. The first kappa shape index (κ1) is 10.8. The lowest BCUT2D eigenvalue weighted by Gasteiger charge is -2.21. The molecule has 4 heteroatoms. The molecule has 16 heavy (non-hydrogen) atoms. The molecule has 0 saturated carbocycles. The fourth-order valence-electron chi connectivity index (χ4n) is 1.84. The van der Waals surface area contributed by atoms with E-state index in [1.54, 1.807) is 24.3 Å². The van der Waals surface area contributed by atoms with Crippen molar-refractivity contribution in [1.82, 2.24) is 4.90 Å². The Morgan fingerprint density at radius 3 is 2.69 bits per heavy atom. The van der Waals surface area contributed by atoms with Crippen molar-refractivity contribution in [2.45, 2.75) is 19.1 Å². The third kappa shape index (κ3) is 1.84. The Kier molecular flexibility index (Phi) is 3.01. The van der Waals surface area contributed by atoms with E-state index in [1.807, 2.05) is 6.07 Å². The number of hydrogen-bond donors (Lipinski definition) is 0. The summed E-state index contributed by atoms with van der Waals surface area (Å²) in [7, 11) is 1.51. The molecule has 0 spiro atoms. The van der Waals surface area contributed by atoms with E-state index in [1.165, 1.54) is 12.0 Å². The van der Waals surface area contributed by atoms with E-state index in [2.05, 4.69) is 0 Å². The first-order valence-corrected chi connectivity index (χ1v) is 5.18. The molecule has 2 rings (SSSR count). The molecule has 0 radical (unpaired) electrons. The highest BCUT2D eigenvalue weighted by Crippen LogP contribution is 2.21. The summed E-state index contributed by atoms with van der Waals surface area (Å²) in [4.78, 5) is 24.8. The van der Waals surface area contributed by atoms with Gasteiger partial charge in [0.25, 0.3) is 5.91 Å². The minimum absolute atomic E-state index is 0.166. The second-order valence-electron chi connectivity index (χ2n) is 3.66. The summed E-state index contributed by atoms with van der Waals surface area (Å²) in [6.45, 7) is 0. The van der Waals surface area contributed by atoms with Gasteiger partial charge in [-0.2, -0.15) is 0 Å². The number of methoxy groups -OCH3 is 1. The van der Waals surface area contributed by atoms with Gasteiger partial charge in [-0.15, -0.1) is 0 Å². The van der Waals surface area contributed by atoms with E-state index in [-0.39, 0.29) is 11.8 Å². The van der Waals surface area contributed by atoms with Gasteiger partial charge in [0.05, 0.1) is 0 Å². The van der Waals surface area contributed by atoms with Crippen molar-refractivity contribution in [2.75, 3.05) is 7.11 Å². The average Bonchev–Trinajstić information content (AvgIpc) is 2.70. The number of carbonyl (C=O) groups is 2. The van der Waals surface area contributed by atoms with Crippen molar-refractivity contribution >= 4 is 11.8 Å². The third-order valence-corrected chi connectivity index (χ3v) is 2.67. The van der Waals surface area contributed by atoms with Gasteiger partial charge in [-0.3, -0.25) is 14.5 Å². The fraction of sp³-hybridized carbons (Fsp3) is 0.333. The maximum absolute atomic E-state index is 12.1. The van der Waals surface area contributed by atoms with Crippen LogP contribution in [0.1, 0.15) is 23.2 Å². The minimum Gasteiger partial charge on any atom is -0.361 e. The number of likely N-dealkylation sites (tertiary alicyclic amines) is 1. The summed E-state index contributed by atoms with van der Waals surface area (Å²) in [5.41, 5.74) is 0.514. The minimum atomic E-state index is -0.416. The summed E-state index contributed by atoms with van der Waals surface area (Å²) < 4.78 is 5.12. The van der Waals surface area contributed by atoms with Crippen LogP contribution in [-0.2, 0) is 9.53 Å². The first-order valence-electron chi connectivity index (χ1n) is 5.18. The van der Waals surface area contributed by atoms with Gasteiger partial charge < -0.3 is 4.74 Å². The lowest BCUT2D eigenvalue weighted by atomic mass is 10.2.